The molecule has 0 radical (unpaired) electrons. The number of hydrogen-bond donors (Lipinski definition) is 0. The van der Waals surface area contributed by atoms with E-state index in [1.807, 2.05) is 6.08 Å². The number of rotatable bonds is 16. The third-order valence-electron chi connectivity index (χ3n) is 4.02. The van der Waals surface area contributed by atoms with E-state index in [1.54, 1.807) is 6.26 Å². The zero-order valence-corrected chi connectivity index (χ0v) is 18.8. The third-order valence-corrected chi connectivity index (χ3v) is 4.50. The molecule has 0 aromatic carbocycles. The van der Waals surface area contributed by atoms with Crippen molar-refractivity contribution >= 4 is 3.53 Å². The minimum absolute atomic E-state index is 0.0687. The topological polar surface area (TPSA) is 26.3 Å². The Bertz CT molecular complexity index is 264. The van der Waals surface area contributed by atoms with Gasteiger partial charge in [-0.2, -0.15) is 0 Å². The summed E-state index contributed by atoms with van der Waals surface area (Å²) in [5.74, 6) is 0. The van der Waals surface area contributed by atoms with Crippen LogP contribution in [-0.4, -0.2) is 3.53 Å². The normalized spacial score (nSPS) is 11.2. The molecule has 0 spiro atoms. The van der Waals surface area contributed by atoms with Gasteiger partial charge in [-0.25, -0.2) is 0 Å². The Morgan fingerprint density at radius 1 is 0.773 bits per heavy atom. The molecule has 22 heavy (non-hydrogen) atoms. The van der Waals surface area contributed by atoms with Crippen molar-refractivity contribution in [3.63, 3.8) is 0 Å². The van der Waals surface area contributed by atoms with Gasteiger partial charge in [0.1, 0.15) is 0 Å². The van der Waals surface area contributed by atoms with E-state index in [9.17, 15) is 4.79 Å². The fourth-order valence-corrected chi connectivity index (χ4v) is 2.92. The molecule has 0 aliphatic rings. The Balaban J connectivity index is 3.02. The molecule has 0 aliphatic carbocycles. The maximum atomic E-state index is 10.6. The van der Waals surface area contributed by atoms with Gasteiger partial charge in [-0.05, 0) is 0 Å². The molecule has 0 unspecified atom stereocenters. The van der Waals surface area contributed by atoms with Gasteiger partial charge in [-0.1, -0.05) is 51.9 Å². The van der Waals surface area contributed by atoms with E-state index in [4.69, 9.17) is 4.74 Å². The molecule has 0 N–H and O–H groups in total. The maximum absolute atomic E-state index is 10.6. The second kappa shape index (κ2) is 19.2. The molecular formula is C19H35CdO2. The molecule has 0 rings (SSSR count). The van der Waals surface area contributed by atoms with Gasteiger partial charge in [-0.15, -0.1) is 0 Å². The Hall–Kier alpha value is 0.132. The number of allylic oxidation sites excluding steroid dienone is 1. The monoisotopic (exact) mass is 409 g/mol. The van der Waals surface area contributed by atoms with Crippen LogP contribution in [-0.2, 0) is 30.5 Å². The second-order valence-corrected chi connectivity index (χ2v) is 7.89. The van der Waals surface area contributed by atoms with Crippen LogP contribution in [0.4, 0.5) is 4.79 Å². The number of carbonyl (C=O) groups is 1. The first kappa shape index (κ1) is 22.1. The summed E-state index contributed by atoms with van der Waals surface area (Å²) in [6.07, 6.45) is 24.1. The molecule has 0 aromatic rings. The summed E-state index contributed by atoms with van der Waals surface area (Å²) in [5.41, 5.74) is 0. The molecule has 0 saturated heterocycles. The van der Waals surface area contributed by atoms with Gasteiger partial charge in [0.15, 0.2) is 0 Å². The van der Waals surface area contributed by atoms with Crippen LogP contribution in [0, 0.1) is 0 Å². The quantitative estimate of drug-likeness (QED) is 0.155. The van der Waals surface area contributed by atoms with E-state index in [1.165, 1.54) is 89.9 Å². The van der Waals surface area contributed by atoms with E-state index in [2.05, 4.69) is 6.92 Å². The first-order valence-corrected chi connectivity index (χ1v) is 11.5. The summed E-state index contributed by atoms with van der Waals surface area (Å²) >= 11 is 0.265. The molecule has 0 fully saturated rings. The Morgan fingerprint density at radius 2 is 1.18 bits per heavy atom. The van der Waals surface area contributed by atoms with Crippen molar-refractivity contribution in [2.45, 2.75) is 103 Å². The molecule has 125 valence electrons. The first-order chi connectivity index (χ1) is 10.8. The van der Waals surface area contributed by atoms with E-state index in [0.717, 1.165) is 6.42 Å². The average molecular weight is 408 g/mol. The van der Waals surface area contributed by atoms with Crippen LogP contribution in [0.15, 0.2) is 12.3 Å². The molecule has 0 aromatic heterocycles. The van der Waals surface area contributed by atoms with Crippen LogP contribution >= 0.6 is 0 Å². The minimum atomic E-state index is -0.0687. The molecule has 0 aliphatic heterocycles. The predicted molar refractivity (Wildman–Crippen MR) is 90.6 cm³/mol. The van der Waals surface area contributed by atoms with Crippen molar-refractivity contribution in [2.75, 3.05) is 0 Å². The fourth-order valence-electron chi connectivity index (χ4n) is 2.65. The van der Waals surface area contributed by atoms with Crippen molar-refractivity contribution < 1.29 is 35.3 Å². The van der Waals surface area contributed by atoms with Crippen molar-refractivity contribution in [1.82, 2.24) is 0 Å². The van der Waals surface area contributed by atoms with E-state index < -0.39 is 0 Å². The number of ether oxygens (including phenoxy) is 1. The summed E-state index contributed by atoms with van der Waals surface area (Å²) in [5, 5.41) is 0. The standard InChI is InChI=1S/C19H35O2.Cd/c1-2-3-4-5-6-7-8-9-10-11-12-13-14-15-16-17-18-21-19-20;/h17-18H,2-16H2,1H3;. The van der Waals surface area contributed by atoms with Crippen LogP contribution in [0.3, 0.4) is 0 Å². The predicted octanol–water partition coefficient (Wildman–Crippen LogP) is 7.05. The van der Waals surface area contributed by atoms with Crippen LogP contribution < -0.4 is 0 Å². The van der Waals surface area contributed by atoms with Crippen molar-refractivity contribution in [1.29, 1.82) is 0 Å². The van der Waals surface area contributed by atoms with Crippen molar-refractivity contribution in [2.24, 2.45) is 0 Å². The molecule has 0 bridgehead atoms. The summed E-state index contributed by atoms with van der Waals surface area (Å²) in [4.78, 5) is 10.6. The molecule has 0 amide bonds. The van der Waals surface area contributed by atoms with Crippen LogP contribution in [0.1, 0.15) is 103 Å². The van der Waals surface area contributed by atoms with Gasteiger partial charge in [0.2, 0.25) is 0 Å². The molecule has 0 heterocycles. The molecule has 0 atom stereocenters. The van der Waals surface area contributed by atoms with E-state index in [-0.39, 0.29) is 29.3 Å². The Labute approximate surface area is 154 Å². The van der Waals surface area contributed by atoms with Gasteiger partial charge in [0, 0.05) is 0 Å². The molecule has 2 nitrogen and oxygen atoms in total. The SMILES string of the molecule is CCCCCCCCCCCCCCCCC=CO[C](=O)[Cd]. The first-order valence-electron chi connectivity index (χ1n) is 9.45. The Kier molecular flexibility index (Phi) is 19.3. The summed E-state index contributed by atoms with van der Waals surface area (Å²) in [6, 6.07) is 0. The zero-order chi connectivity index (χ0) is 16.3. The summed E-state index contributed by atoms with van der Waals surface area (Å²) in [6.45, 7) is 2.28. The van der Waals surface area contributed by atoms with Crippen LogP contribution in [0.2, 0.25) is 0 Å². The molecule has 3 heteroatoms. The number of hydrogen-bond acceptors (Lipinski definition) is 2. The van der Waals surface area contributed by atoms with Crippen LogP contribution in [0.25, 0.3) is 0 Å². The third kappa shape index (κ3) is 20.1. The summed E-state index contributed by atoms with van der Waals surface area (Å²) < 4.78 is 4.75. The van der Waals surface area contributed by atoms with Crippen LogP contribution in [0.5, 0.6) is 0 Å². The van der Waals surface area contributed by atoms with Gasteiger partial charge in [0.05, 0.1) is 0 Å². The van der Waals surface area contributed by atoms with Gasteiger partial charge >= 0.3 is 103 Å². The van der Waals surface area contributed by atoms with Crippen molar-refractivity contribution in [3.05, 3.63) is 12.3 Å². The summed E-state index contributed by atoms with van der Waals surface area (Å²) in [7, 11) is 0. The zero-order valence-electron chi connectivity index (χ0n) is 14.8. The molecule has 0 saturated carbocycles. The van der Waals surface area contributed by atoms with Crippen molar-refractivity contribution in [3.8, 4) is 0 Å². The fraction of sp³-hybridized carbons (Fsp3) is 0.842. The van der Waals surface area contributed by atoms with E-state index >= 15 is 0 Å². The van der Waals surface area contributed by atoms with Gasteiger partial charge < -0.3 is 0 Å². The molecular weight excluding hydrogens is 373 g/mol. The van der Waals surface area contributed by atoms with Gasteiger partial charge in [0.25, 0.3) is 0 Å². The average Bonchev–Trinajstić information content (AvgIpc) is 2.50. The van der Waals surface area contributed by atoms with E-state index in [0.29, 0.717) is 0 Å². The number of carbonyl (C=O) groups excluding carboxylic acids is 1. The Morgan fingerprint density at radius 3 is 1.59 bits per heavy atom. The second-order valence-electron chi connectivity index (χ2n) is 6.25. The van der Waals surface area contributed by atoms with Gasteiger partial charge in [-0.3, -0.25) is 0 Å². The number of unbranched alkanes of at least 4 members (excludes halogenated alkanes) is 14.